The molecular formula is C10H8N3. The van der Waals surface area contributed by atoms with Gasteiger partial charge in [-0.25, -0.2) is 9.97 Å². The first kappa shape index (κ1) is 7.73. The van der Waals surface area contributed by atoms with Crippen molar-refractivity contribution in [1.82, 2.24) is 9.97 Å². The zero-order valence-electron chi connectivity index (χ0n) is 6.94. The smallest absolute Gasteiger partial charge is 0.159 e. The van der Waals surface area contributed by atoms with Gasteiger partial charge < -0.3 is 5.73 Å². The van der Waals surface area contributed by atoms with Gasteiger partial charge in [-0.15, -0.1) is 0 Å². The summed E-state index contributed by atoms with van der Waals surface area (Å²) in [6.07, 6.45) is 3.41. The van der Waals surface area contributed by atoms with Gasteiger partial charge in [-0.3, -0.25) is 0 Å². The van der Waals surface area contributed by atoms with Crippen molar-refractivity contribution in [3.8, 4) is 11.4 Å². The molecule has 2 N–H and O–H groups in total. The van der Waals surface area contributed by atoms with Crippen molar-refractivity contribution >= 4 is 5.69 Å². The Morgan fingerprint density at radius 1 is 1.23 bits per heavy atom. The summed E-state index contributed by atoms with van der Waals surface area (Å²) in [6, 6.07) is 10.1. The van der Waals surface area contributed by atoms with E-state index in [-0.39, 0.29) is 0 Å². The van der Waals surface area contributed by atoms with Crippen LogP contribution in [-0.2, 0) is 0 Å². The Morgan fingerprint density at radius 2 is 2.00 bits per heavy atom. The molecule has 2 rings (SSSR count). The molecule has 1 aromatic carbocycles. The van der Waals surface area contributed by atoms with Crippen LogP contribution in [0.25, 0.3) is 11.4 Å². The first-order chi connectivity index (χ1) is 6.36. The van der Waals surface area contributed by atoms with Crippen LogP contribution >= 0.6 is 0 Å². The van der Waals surface area contributed by atoms with Crippen LogP contribution in [0.3, 0.4) is 0 Å². The predicted octanol–water partition coefficient (Wildman–Crippen LogP) is 1.53. The quantitative estimate of drug-likeness (QED) is 0.660. The van der Waals surface area contributed by atoms with Crippen molar-refractivity contribution < 1.29 is 0 Å². The molecule has 0 aliphatic carbocycles. The predicted molar refractivity (Wildman–Crippen MR) is 50.7 cm³/mol. The summed E-state index contributed by atoms with van der Waals surface area (Å²) in [4.78, 5) is 8.22. The van der Waals surface area contributed by atoms with Crippen LogP contribution in [0.1, 0.15) is 0 Å². The van der Waals surface area contributed by atoms with Gasteiger partial charge in [-0.05, 0) is 12.1 Å². The Kier molecular flexibility index (Phi) is 1.92. The van der Waals surface area contributed by atoms with Crippen molar-refractivity contribution in [2.24, 2.45) is 0 Å². The lowest BCUT2D eigenvalue weighted by Gasteiger charge is -1.98. The van der Waals surface area contributed by atoms with Crippen molar-refractivity contribution in [3.05, 3.63) is 42.7 Å². The van der Waals surface area contributed by atoms with E-state index in [0.717, 1.165) is 5.56 Å². The SMILES string of the molecule is Nc1[c]ccc(-c2ncccn2)c1. The second-order valence-corrected chi connectivity index (χ2v) is 2.61. The summed E-state index contributed by atoms with van der Waals surface area (Å²) >= 11 is 0. The van der Waals surface area contributed by atoms with Crippen molar-refractivity contribution in [2.45, 2.75) is 0 Å². The first-order valence-electron chi connectivity index (χ1n) is 3.91. The third-order valence-corrected chi connectivity index (χ3v) is 1.65. The lowest BCUT2D eigenvalue weighted by atomic mass is 10.2. The highest BCUT2D eigenvalue weighted by Gasteiger charge is 1.98. The number of aromatic nitrogens is 2. The third-order valence-electron chi connectivity index (χ3n) is 1.65. The van der Waals surface area contributed by atoms with Gasteiger partial charge in [0.1, 0.15) is 0 Å². The molecule has 0 aliphatic heterocycles. The van der Waals surface area contributed by atoms with Gasteiger partial charge in [-0.1, -0.05) is 12.1 Å². The highest BCUT2D eigenvalue weighted by molar-refractivity contribution is 5.60. The van der Waals surface area contributed by atoms with Crippen LogP contribution in [0.15, 0.2) is 36.7 Å². The molecule has 0 atom stereocenters. The number of rotatable bonds is 1. The molecule has 1 radical (unpaired) electrons. The molecule has 0 unspecified atom stereocenters. The molecule has 1 aromatic heterocycles. The molecule has 0 spiro atoms. The lowest BCUT2D eigenvalue weighted by molar-refractivity contribution is 1.18. The minimum absolute atomic E-state index is 0.602. The monoisotopic (exact) mass is 170 g/mol. The van der Waals surface area contributed by atoms with Crippen LogP contribution in [-0.4, -0.2) is 9.97 Å². The average molecular weight is 170 g/mol. The van der Waals surface area contributed by atoms with E-state index in [9.17, 15) is 0 Å². The molecule has 0 saturated heterocycles. The molecule has 0 bridgehead atoms. The summed E-state index contributed by atoms with van der Waals surface area (Å²) in [6.45, 7) is 0. The molecule has 1 heterocycles. The van der Waals surface area contributed by atoms with Gasteiger partial charge in [-0.2, -0.15) is 0 Å². The van der Waals surface area contributed by atoms with Crippen LogP contribution in [0.2, 0.25) is 0 Å². The molecule has 3 nitrogen and oxygen atoms in total. The Labute approximate surface area is 76.3 Å². The fraction of sp³-hybridized carbons (Fsp3) is 0. The fourth-order valence-electron chi connectivity index (χ4n) is 1.07. The van der Waals surface area contributed by atoms with E-state index in [1.165, 1.54) is 0 Å². The Balaban J connectivity index is 2.48. The molecule has 0 amide bonds. The number of hydrogen-bond donors (Lipinski definition) is 1. The van der Waals surface area contributed by atoms with Gasteiger partial charge in [0.2, 0.25) is 0 Å². The first-order valence-corrected chi connectivity index (χ1v) is 3.91. The maximum atomic E-state index is 5.58. The second kappa shape index (κ2) is 3.23. The molecule has 63 valence electrons. The summed E-state index contributed by atoms with van der Waals surface area (Å²) in [7, 11) is 0. The molecule has 13 heavy (non-hydrogen) atoms. The molecule has 3 heteroatoms. The maximum Gasteiger partial charge on any atom is 0.159 e. The fourth-order valence-corrected chi connectivity index (χ4v) is 1.07. The van der Waals surface area contributed by atoms with E-state index in [0.29, 0.717) is 11.5 Å². The van der Waals surface area contributed by atoms with Gasteiger partial charge in [0, 0.05) is 29.7 Å². The minimum Gasteiger partial charge on any atom is -0.398 e. The van der Waals surface area contributed by atoms with Crippen molar-refractivity contribution in [2.75, 3.05) is 5.73 Å². The number of anilines is 1. The number of nitrogen functional groups attached to an aromatic ring is 1. The summed E-state index contributed by atoms with van der Waals surface area (Å²) < 4.78 is 0. The van der Waals surface area contributed by atoms with E-state index >= 15 is 0 Å². The Morgan fingerprint density at radius 3 is 2.69 bits per heavy atom. The average Bonchev–Trinajstić information content (AvgIpc) is 2.19. The standard InChI is InChI=1S/C10H8N3/c11-9-4-1-3-8(7-9)10-12-5-2-6-13-10/h1-3,5-7H,11H2. The van der Waals surface area contributed by atoms with E-state index in [2.05, 4.69) is 16.0 Å². The zero-order valence-corrected chi connectivity index (χ0v) is 6.94. The maximum absolute atomic E-state index is 5.58. The highest BCUT2D eigenvalue weighted by Crippen LogP contribution is 2.15. The van der Waals surface area contributed by atoms with E-state index < -0.39 is 0 Å². The third kappa shape index (κ3) is 1.64. The Hall–Kier alpha value is -1.90. The number of nitrogens with zero attached hydrogens (tertiary/aromatic N) is 2. The van der Waals surface area contributed by atoms with Crippen LogP contribution < -0.4 is 5.73 Å². The number of hydrogen-bond acceptors (Lipinski definition) is 3. The number of nitrogens with two attached hydrogens (primary N) is 1. The van der Waals surface area contributed by atoms with Crippen molar-refractivity contribution in [1.29, 1.82) is 0 Å². The summed E-state index contributed by atoms with van der Waals surface area (Å²) in [5.74, 6) is 0.684. The molecule has 0 saturated carbocycles. The van der Waals surface area contributed by atoms with E-state index in [1.807, 2.05) is 6.07 Å². The normalized spacial score (nSPS) is 9.85. The van der Waals surface area contributed by atoms with Gasteiger partial charge >= 0.3 is 0 Å². The number of benzene rings is 1. The van der Waals surface area contributed by atoms with E-state index in [4.69, 9.17) is 5.73 Å². The zero-order chi connectivity index (χ0) is 9.10. The largest absolute Gasteiger partial charge is 0.398 e. The van der Waals surface area contributed by atoms with E-state index in [1.54, 1.807) is 30.6 Å². The summed E-state index contributed by atoms with van der Waals surface area (Å²) in [5.41, 5.74) is 7.10. The second-order valence-electron chi connectivity index (χ2n) is 2.61. The van der Waals surface area contributed by atoms with Crippen LogP contribution in [0.4, 0.5) is 5.69 Å². The molecular weight excluding hydrogens is 162 g/mol. The van der Waals surface area contributed by atoms with Crippen LogP contribution in [0, 0.1) is 6.07 Å². The highest BCUT2D eigenvalue weighted by atomic mass is 14.8. The van der Waals surface area contributed by atoms with Crippen LogP contribution in [0.5, 0.6) is 0 Å². The minimum atomic E-state index is 0.602. The summed E-state index contributed by atoms with van der Waals surface area (Å²) in [5, 5.41) is 0. The topological polar surface area (TPSA) is 51.8 Å². The van der Waals surface area contributed by atoms with Crippen molar-refractivity contribution in [3.63, 3.8) is 0 Å². The van der Waals surface area contributed by atoms with Gasteiger partial charge in [0.25, 0.3) is 0 Å². The molecule has 0 aliphatic rings. The molecule has 0 fully saturated rings. The Bertz CT molecular complexity index is 398. The lowest BCUT2D eigenvalue weighted by Crippen LogP contribution is -1.89. The van der Waals surface area contributed by atoms with Gasteiger partial charge in [0.05, 0.1) is 0 Å². The molecule has 2 aromatic rings. The van der Waals surface area contributed by atoms with Gasteiger partial charge in [0.15, 0.2) is 5.82 Å².